The lowest BCUT2D eigenvalue weighted by atomic mass is 10.2. The van der Waals surface area contributed by atoms with Gasteiger partial charge in [-0.1, -0.05) is 30.7 Å². The molecular weight excluding hydrogens is 148 g/mol. The van der Waals surface area contributed by atoms with E-state index in [1.54, 1.807) is 0 Å². The minimum Gasteiger partial charge on any atom is -0.280 e. The van der Waals surface area contributed by atoms with E-state index >= 15 is 0 Å². The van der Waals surface area contributed by atoms with Gasteiger partial charge in [0.2, 0.25) is 5.78 Å². The predicted octanol–water partition coefficient (Wildman–Crippen LogP) is 1.79. The monoisotopic (exact) mass is 156 g/mol. The molecule has 1 aromatic rings. The van der Waals surface area contributed by atoms with Crippen LogP contribution < -0.4 is 0 Å². The first kappa shape index (κ1) is 8.29. The summed E-state index contributed by atoms with van der Waals surface area (Å²) in [5.41, 5.74) is 0.840. The zero-order valence-corrected chi connectivity index (χ0v) is 6.58. The summed E-state index contributed by atoms with van der Waals surface area (Å²) in [6.45, 7) is 3.32. The van der Waals surface area contributed by atoms with Gasteiger partial charge >= 0.3 is 0 Å². The van der Waals surface area contributed by atoms with Crippen molar-refractivity contribution in [2.75, 3.05) is 0 Å². The average molecular weight is 156 g/mol. The van der Waals surface area contributed by atoms with Gasteiger partial charge in [-0.2, -0.15) is 0 Å². The molecule has 58 valence electrons. The Morgan fingerprint density at radius 2 is 2.00 bits per heavy atom. The third kappa shape index (κ3) is 2.43. The van der Waals surface area contributed by atoms with Crippen molar-refractivity contribution in [2.24, 2.45) is 0 Å². The summed E-state index contributed by atoms with van der Waals surface area (Å²) in [6, 6.07) is 9.36. The molecule has 12 heavy (non-hydrogen) atoms. The molecule has 1 heteroatoms. The zero-order chi connectivity index (χ0) is 8.81. The van der Waals surface area contributed by atoms with E-state index in [9.17, 15) is 4.79 Å². The lowest BCUT2D eigenvalue weighted by molar-refractivity contribution is -0.109. The van der Waals surface area contributed by atoms with Crippen LogP contribution in [0, 0.1) is 11.8 Å². The fourth-order valence-electron chi connectivity index (χ4n) is 0.706. The van der Waals surface area contributed by atoms with Crippen LogP contribution in [0.4, 0.5) is 0 Å². The van der Waals surface area contributed by atoms with Gasteiger partial charge in [-0.15, -0.1) is 0 Å². The van der Waals surface area contributed by atoms with Crippen LogP contribution in [0.3, 0.4) is 0 Å². The third-order valence-corrected chi connectivity index (χ3v) is 1.29. The molecule has 0 saturated carbocycles. The van der Waals surface area contributed by atoms with Gasteiger partial charge in [0.15, 0.2) is 0 Å². The molecule has 0 saturated heterocycles. The molecule has 0 bridgehead atoms. The molecular formula is C11H8O. The molecule has 0 spiro atoms. The summed E-state index contributed by atoms with van der Waals surface area (Å²) in [4.78, 5) is 10.7. The molecule has 0 fully saturated rings. The Hall–Kier alpha value is -1.81. The summed E-state index contributed by atoms with van der Waals surface area (Å²) in [7, 11) is 0. The van der Waals surface area contributed by atoms with E-state index in [4.69, 9.17) is 0 Å². The first-order chi connectivity index (χ1) is 5.83. The second kappa shape index (κ2) is 4.15. The van der Waals surface area contributed by atoms with Crippen LogP contribution in [0.5, 0.6) is 0 Å². The molecule has 0 aliphatic carbocycles. The molecule has 0 radical (unpaired) electrons. The Labute approximate surface area is 71.7 Å². The molecule has 0 unspecified atom stereocenters. The van der Waals surface area contributed by atoms with Crippen molar-refractivity contribution in [2.45, 2.75) is 0 Å². The van der Waals surface area contributed by atoms with Gasteiger partial charge < -0.3 is 0 Å². The average Bonchev–Trinajstić information content (AvgIpc) is 2.16. The quantitative estimate of drug-likeness (QED) is 0.447. The first-order valence-electron chi connectivity index (χ1n) is 3.56. The molecule has 0 aliphatic heterocycles. The van der Waals surface area contributed by atoms with Gasteiger partial charge in [-0.25, -0.2) is 0 Å². The Kier molecular flexibility index (Phi) is 2.87. The van der Waals surface area contributed by atoms with Crippen LogP contribution >= 0.6 is 0 Å². The number of ketones is 1. The third-order valence-electron chi connectivity index (χ3n) is 1.29. The predicted molar refractivity (Wildman–Crippen MR) is 48.5 cm³/mol. The van der Waals surface area contributed by atoms with Crippen LogP contribution in [0.2, 0.25) is 0 Å². The van der Waals surface area contributed by atoms with Gasteiger partial charge in [-0.3, -0.25) is 4.79 Å². The van der Waals surface area contributed by atoms with Gasteiger partial charge in [0.1, 0.15) is 0 Å². The van der Waals surface area contributed by atoms with Crippen LogP contribution in [-0.2, 0) is 4.79 Å². The highest BCUT2D eigenvalue weighted by Gasteiger charge is 1.84. The lowest BCUT2D eigenvalue weighted by Gasteiger charge is -1.84. The molecule has 0 amide bonds. The number of carbonyl (C=O) groups excluding carboxylic acids is 1. The van der Waals surface area contributed by atoms with Gasteiger partial charge in [0.25, 0.3) is 0 Å². The van der Waals surface area contributed by atoms with E-state index in [0.29, 0.717) is 0 Å². The standard InChI is InChI=1S/C11H8O/c1-2-11(12)9-8-10-6-4-3-5-7-10/h2-7H,1H2. The van der Waals surface area contributed by atoms with Crippen LogP contribution in [0.25, 0.3) is 0 Å². The highest BCUT2D eigenvalue weighted by molar-refractivity contribution is 6.04. The first-order valence-corrected chi connectivity index (χ1v) is 3.56. The van der Waals surface area contributed by atoms with Crippen LogP contribution in [-0.4, -0.2) is 5.78 Å². The summed E-state index contributed by atoms with van der Waals surface area (Å²) >= 11 is 0. The molecule has 0 N–H and O–H groups in total. The maximum absolute atomic E-state index is 10.7. The van der Waals surface area contributed by atoms with Crippen molar-refractivity contribution in [3.05, 3.63) is 48.6 Å². The van der Waals surface area contributed by atoms with Crippen molar-refractivity contribution in [1.82, 2.24) is 0 Å². The van der Waals surface area contributed by atoms with Crippen LogP contribution in [0.1, 0.15) is 5.56 Å². The number of allylic oxidation sites excluding steroid dienone is 1. The van der Waals surface area contributed by atoms with Crippen molar-refractivity contribution in [3.63, 3.8) is 0 Å². The molecule has 1 aromatic carbocycles. The van der Waals surface area contributed by atoms with E-state index < -0.39 is 0 Å². The Morgan fingerprint density at radius 3 is 2.58 bits per heavy atom. The van der Waals surface area contributed by atoms with E-state index in [1.165, 1.54) is 6.08 Å². The maximum atomic E-state index is 10.7. The number of carbonyl (C=O) groups is 1. The van der Waals surface area contributed by atoms with Gasteiger partial charge in [-0.05, 0) is 24.1 Å². The summed E-state index contributed by atoms with van der Waals surface area (Å²) in [5, 5.41) is 0. The van der Waals surface area contributed by atoms with Crippen LogP contribution in [0.15, 0.2) is 43.0 Å². The lowest BCUT2D eigenvalue weighted by Crippen LogP contribution is -1.83. The van der Waals surface area contributed by atoms with Crippen molar-refractivity contribution in [3.8, 4) is 11.8 Å². The normalized spacial score (nSPS) is 8.00. The number of hydrogen-bond acceptors (Lipinski definition) is 1. The molecule has 0 atom stereocenters. The topological polar surface area (TPSA) is 17.1 Å². The van der Waals surface area contributed by atoms with E-state index in [1.807, 2.05) is 30.3 Å². The maximum Gasteiger partial charge on any atom is 0.228 e. The minimum atomic E-state index is -0.251. The van der Waals surface area contributed by atoms with Crippen molar-refractivity contribution < 1.29 is 4.79 Å². The summed E-state index contributed by atoms with van der Waals surface area (Å²) < 4.78 is 0. The number of benzene rings is 1. The Bertz CT molecular complexity index is 338. The molecule has 0 aromatic heterocycles. The fraction of sp³-hybridized carbons (Fsp3) is 0. The second-order valence-corrected chi connectivity index (χ2v) is 2.18. The smallest absolute Gasteiger partial charge is 0.228 e. The highest BCUT2D eigenvalue weighted by Crippen LogP contribution is 1.94. The van der Waals surface area contributed by atoms with E-state index in [0.717, 1.165) is 5.56 Å². The Morgan fingerprint density at radius 1 is 1.33 bits per heavy atom. The molecule has 0 aliphatic rings. The van der Waals surface area contributed by atoms with Crippen molar-refractivity contribution >= 4 is 5.78 Å². The highest BCUT2D eigenvalue weighted by atomic mass is 16.1. The zero-order valence-electron chi connectivity index (χ0n) is 6.58. The van der Waals surface area contributed by atoms with Gasteiger partial charge in [0, 0.05) is 5.56 Å². The van der Waals surface area contributed by atoms with Crippen molar-refractivity contribution in [1.29, 1.82) is 0 Å². The Balaban J connectivity index is 2.80. The largest absolute Gasteiger partial charge is 0.280 e. The molecule has 0 heterocycles. The number of hydrogen-bond donors (Lipinski definition) is 0. The van der Waals surface area contributed by atoms with E-state index in [2.05, 4.69) is 18.4 Å². The van der Waals surface area contributed by atoms with E-state index in [-0.39, 0.29) is 5.78 Å². The second-order valence-electron chi connectivity index (χ2n) is 2.18. The molecule has 1 rings (SSSR count). The summed E-state index contributed by atoms with van der Waals surface area (Å²) in [6.07, 6.45) is 1.20. The summed E-state index contributed by atoms with van der Waals surface area (Å²) in [5.74, 6) is 4.92. The number of rotatable bonds is 1. The SMILES string of the molecule is C=CC(=O)C#Cc1ccccc1. The molecule has 1 nitrogen and oxygen atoms in total. The minimum absolute atomic E-state index is 0.251. The fourth-order valence-corrected chi connectivity index (χ4v) is 0.706. The van der Waals surface area contributed by atoms with Gasteiger partial charge in [0.05, 0.1) is 0 Å².